The molecular weight excluding hydrogens is 391 g/mol. The van der Waals surface area contributed by atoms with Crippen molar-refractivity contribution >= 4 is 33.2 Å². The third kappa shape index (κ3) is 4.03. The average Bonchev–Trinajstić information content (AvgIpc) is 2.97. The van der Waals surface area contributed by atoms with E-state index < -0.39 is 6.36 Å². The van der Waals surface area contributed by atoms with Gasteiger partial charge in [-0.05, 0) is 36.2 Å². The van der Waals surface area contributed by atoms with Gasteiger partial charge in [-0.2, -0.15) is 0 Å². The monoisotopic (exact) mass is 402 g/mol. The Morgan fingerprint density at radius 1 is 1.23 bits per heavy atom. The number of hydrogen-bond donors (Lipinski definition) is 1. The van der Waals surface area contributed by atoms with Crippen LogP contribution >= 0.6 is 22.9 Å². The van der Waals surface area contributed by atoms with E-state index in [1.807, 2.05) is 0 Å². The Labute approximate surface area is 155 Å². The summed E-state index contributed by atoms with van der Waals surface area (Å²) in [6.07, 6.45) is -4.32. The molecule has 0 aliphatic heterocycles. The number of ether oxygens (including phenoxy) is 2. The molecule has 0 saturated heterocycles. The Bertz CT molecular complexity index is 943. The van der Waals surface area contributed by atoms with Crippen molar-refractivity contribution in [1.29, 1.82) is 0 Å². The van der Waals surface area contributed by atoms with Crippen LogP contribution in [0.25, 0.3) is 20.8 Å². The summed E-state index contributed by atoms with van der Waals surface area (Å²) in [4.78, 5) is 4.37. The summed E-state index contributed by atoms with van der Waals surface area (Å²) in [6.45, 7) is 0.326. The van der Waals surface area contributed by atoms with Crippen molar-refractivity contribution in [1.82, 2.24) is 4.98 Å². The van der Waals surface area contributed by atoms with Crippen LogP contribution in [-0.4, -0.2) is 23.1 Å². The smallest absolute Gasteiger partial charge is 0.506 e. The number of benzene rings is 2. The van der Waals surface area contributed by atoms with Crippen molar-refractivity contribution in [2.24, 2.45) is 0 Å². The van der Waals surface area contributed by atoms with Crippen molar-refractivity contribution in [3.63, 3.8) is 0 Å². The van der Waals surface area contributed by atoms with Crippen LogP contribution in [0.2, 0.25) is 5.02 Å². The fourth-order valence-corrected chi connectivity index (χ4v) is 3.73. The molecule has 9 heteroatoms. The van der Waals surface area contributed by atoms with Crippen LogP contribution in [0.1, 0.15) is 5.56 Å². The van der Waals surface area contributed by atoms with Gasteiger partial charge in [0.15, 0.2) is 0 Å². The van der Waals surface area contributed by atoms with Crippen molar-refractivity contribution in [2.45, 2.75) is 12.8 Å². The summed E-state index contributed by atoms with van der Waals surface area (Å²) in [7, 11) is 3.27. The quantitative estimate of drug-likeness (QED) is 0.606. The third-order valence-corrected chi connectivity index (χ3v) is 4.97. The van der Waals surface area contributed by atoms with Crippen LogP contribution in [0.15, 0.2) is 30.3 Å². The number of aromatic hydroxyl groups is 1. The zero-order valence-electron chi connectivity index (χ0n) is 13.1. The molecule has 0 aliphatic carbocycles. The highest BCUT2D eigenvalue weighted by Crippen LogP contribution is 2.41. The maximum Gasteiger partial charge on any atom is 0.573 e. The van der Waals surface area contributed by atoms with Gasteiger partial charge >= 0.3 is 6.36 Å². The lowest BCUT2D eigenvalue weighted by Gasteiger charge is -2.08. The first-order valence-corrected chi connectivity index (χ1v) is 8.52. The minimum Gasteiger partial charge on any atom is -0.506 e. The molecule has 0 fully saturated rings. The van der Waals surface area contributed by atoms with Gasteiger partial charge in [0.05, 0.1) is 29.0 Å². The van der Waals surface area contributed by atoms with Gasteiger partial charge in [-0.25, -0.2) is 4.98 Å². The standard InChI is InChI=1S/C17H12ClF3NO3S/c1-24-7-6-9-2-4-11(14(18)15(9)23)16-22-12-5-3-10(8-13(12)26-16)25-17(19,20)21/h2-5,8,23H,1,6-7H2. The molecule has 0 atom stereocenters. The van der Waals surface area contributed by atoms with Crippen LogP contribution in [0, 0.1) is 7.11 Å². The molecule has 26 heavy (non-hydrogen) atoms. The molecule has 1 radical (unpaired) electrons. The van der Waals surface area contributed by atoms with Gasteiger partial charge in [0.25, 0.3) is 0 Å². The molecule has 3 aromatic rings. The Hall–Kier alpha value is -2.03. The largest absolute Gasteiger partial charge is 0.573 e. The summed E-state index contributed by atoms with van der Waals surface area (Å²) < 4.78 is 46.2. The highest BCUT2D eigenvalue weighted by molar-refractivity contribution is 7.21. The number of rotatable bonds is 5. The first-order chi connectivity index (χ1) is 12.3. The number of hydrogen-bond acceptors (Lipinski definition) is 5. The minimum absolute atomic E-state index is 0.0819. The van der Waals surface area contributed by atoms with E-state index >= 15 is 0 Å². The summed E-state index contributed by atoms with van der Waals surface area (Å²) in [5.74, 6) is -0.403. The number of fused-ring (bicyclic) bond motifs is 1. The van der Waals surface area contributed by atoms with Crippen molar-refractivity contribution < 1.29 is 27.8 Å². The molecule has 0 bridgehead atoms. The maximum atomic E-state index is 12.3. The van der Waals surface area contributed by atoms with E-state index in [4.69, 9.17) is 16.3 Å². The Morgan fingerprint density at radius 2 is 2.00 bits per heavy atom. The Kier molecular flexibility index (Phi) is 5.27. The number of alkyl halides is 3. The first kappa shape index (κ1) is 18.8. The molecule has 1 heterocycles. The number of halogens is 4. The van der Waals surface area contributed by atoms with Crippen LogP contribution in [0.4, 0.5) is 13.2 Å². The fourth-order valence-electron chi connectivity index (χ4n) is 2.37. The van der Waals surface area contributed by atoms with Gasteiger partial charge in [0, 0.05) is 5.56 Å². The number of nitrogens with zero attached hydrogens (tertiary/aromatic N) is 1. The predicted octanol–water partition coefficient (Wildman–Crippen LogP) is 5.57. The highest BCUT2D eigenvalue weighted by Gasteiger charge is 2.31. The lowest BCUT2D eigenvalue weighted by atomic mass is 10.1. The second kappa shape index (κ2) is 7.30. The number of aromatic nitrogens is 1. The van der Waals surface area contributed by atoms with E-state index in [9.17, 15) is 18.3 Å². The topological polar surface area (TPSA) is 51.6 Å². The molecule has 1 N–H and O–H groups in total. The van der Waals surface area contributed by atoms with E-state index in [0.717, 1.165) is 11.3 Å². The average molecular weight is 403 g/mol. The molecule has 0 saturated carbocycles. The Morgan fingerprint density at radius 3 is 2.69 bits per heavy atom. The second-order valence-electron chi connectivity index (χ2n) is 5.29. The van der Waals surface area contributed by atoms with E-state index in [-0.39, 0.29) is 16.5 Å². The number of thiazole rings is 1. The lowest BCUT2D eigenvalue weighted by molar-refractivity contribution is -0.274. The SMILES string of the molecule is [CH2]OCCc1ccc(-c2nc3ccc(OC(F)(F)F)cc3s2)c(Cl)c1O. The van der Waals surface area contributed by atoms with Gasteiger partial charge in [-0.3, -0.25) is 0 Å². The van der Waals surface area contributed by atoms with Crippen molar-refractivity contribution in [2.75, 3.05) is 6.61 Å². The van der Waals surface area contributed by atoms with E-state index in [1.165, 1.54) is 18.2 Å². The fraction of sp³-hybridized carbons (Fsp3) is 0.176. The van der Waals surface area contributed by atoms with Gasteiger partial charge in [-0.1, -0.05) is 17.7 Å². The summed E-state index contributed by atoms with van der Waals surface area (Å²) in [6, 6.07) is 7.28. The van der Waals surface area contributed by atoms with Crippen LogP contribution in [0.5, 0.6) is 11.5 Å². The molecule has 0 aliphatic rings. The van der Waals surface area contributed by atoms with Gasteiger partial charge in [0.2, 0.25) is 0 Å². The zero-order chi connectivity index (χ0) is 18.9. The normalized spacial score (nSPS) is 11.9. The summed E-state index contributed by atoms with van der Waals surface area (Å²) in [5, 5.41) is 10.8. The molecular formula is C17H12ClF3NO3S. The predicted molar refractivity (Wildman–Crippen MR) is 93.4 cm³/mol. The molecule has 4 nitrogen and oxygen atoms in total. The van der Waals surface area contributed by atoms with E-state index in [0.29, 0.717) is 39.4 Å². The molecule has 1 aromatic heterocycles. The molecule has 3 rings (SSSR count). The molecule has 0 amide bonds. The number of phenolic OH excluding ortho intramolecular Hbond substituents is 1. The molecule has 2 aromatic carbocycles. The summed E-state index contributed by atoms with van der Waals surface area (Å²) >= 11 is 7.39. The second-order valence-corrected chi connectivity index (χ2v) is 6.70. The summed E-state index contributed by atoms with van der Waals surface area (Å²) in [5.41, 5.74) is 1.59. The van der Waals surface area contributed by atoms with Crippen LogP contribution in [-0.2, 0) is 11.2 Å². The van der Waals surface area contributed by atoms with Crippen LogP contribution < -0.4 is 4.74 Å². The van der Waals surface area contributed by atoms with E-state index in [1.54, 1.807) is 12.1 Å². The molecule has 137 valence electrons. The van der Waals surface area contributed by atoms with E-state index in [2.05, 4.69) is 16.8 Å². The van der Waals surface area contributed by atoms with Crippen LogP contribution in [0.3, 0.4) is 0 Å². The first-order valence-electron chi connectivity index (χ1n) is 7.32. The lowest BCUT2D eigenvalue weighted by Crippen LogP contribution is -2.16. The zero-order valence-corrected chi connectivity index (χ0v) is 14.7. The third-order valence-electron chi connectivity index (χ3n) is 3.54. The number of phenols is 1. The maximum absolute atomic E-state index is 12.3. The van der Waals surface area contributed by atoms with Gasteiger partial charge in [0.1, 0.15) is 16.5 Å². The minimum atomic E-state index is -4.76. The van der Waals surface area contributed by atoms with Crippen molar-refractivity contribution in [3.05, 3.63) is 48.0 Å². The molecule has 0 spiro atoms. The van der Waals surface area contributed by atoms with Crippen molar-refractivity contribution in [3.8, 4) is 22.1 Å². The molecule has 0 unspecified atom stereocenters. The Balaban J connectivity index is 1.96. The highest BCUT2D eigenvalue weighted by atomic mass is 35.5. The van der Waals surface area contributed by atoms with Gasteiger partial charge < -0.3 is 14.6 Å². The van der Waals surface area contributed by atoms with Gasteiger partial charge in [-0.15, -0.1) is 24.5 Å².